The zero-order chi connectivity index (χ0) is 19.2. The van der Waals surface area contributed by atoms with Gasteiger partial charge in [-0.05, 0) is 36.2 Å². The molecule has 2 aromatic carbocycles. The van der Waals surface area contributed by atoms with Crippen LogP contribution in [0, 0.1) is 0 Å². The lowest BCUT2D eigenvalue weighted by atomic mass is 10.0. The summed E-state index contributed by atoms with van der Waals surface area (Å²) < 4.78 is 10.5. The summed E-state index contributed by atoms with van der Waals surface area (Å²) in [5.41, 5.74) is 3.03. The number of H-pyrrole nitrogens is 1. The molecule has 0 radical (unpaired) electrons. The summed E-state index contributed by atoms with van der Waals surface area (Å²) in [6, 6.07) is 10.9. The molecule has 0 saturated carbocycles. The van der Waals surface area contributed by atoms with Crippen molar-refractivity contribution in [2.24, 2.45) is 0 Å². The lowest BCUT2D eigenvalue weighted by molar-refractivity contribution is 0.0993. The SMILES string of the molecule is COc1ccc(C(=O)Cc2cccc3[nH]c(NCCCO)nc23)cc1OC. The van der Waals surface area contributed by atoms with Crippen LogP contribution >= 0.6 is 0 Å². The van der Waals surface area contributed by atoms with Crippen molar-refractivity contribution in [2.45, 2.75) is 12.8 Å². The molecule has 1 heterocycles. The molecule has 1 aromatic heterocycles. The molecule has 0 atom stereocenters. The molecule has 0 aliphatic carbocycles. The summed E-state index contributed by atoms with van der Waals surface area (Å²) in [6.45, 7) is 0.745. The number of carbonyl (C=O) groups excluding carboxylic acids is 1. The number of hydrogen-bond acceptors (Lipinski definition) is 6. The van der Waals surface area contributed by atoms with Gasteiger partial charge in [0, 0.05) is 25.1 Å². The number of nitrogens with one attached hydrogen (secondary N) is 2. The average molecular weight is 369 g/mol. The number of aliphatic hydroxyl groups is 1. The Labute approximate surface area is 157 Å². The predicted octanol–water partition coefficient (Wildman–Crippen LogP) is 2.80. The van der Waals surface area contributed by atoms with Crippen molar-refractivity contribution in [3.8, 4) is 11.5 Å². The van der Waals surface area contributed by atoms with Crippen LogP contribution in [0.1, 0.15) is 22.3 Å². The standard InChI is InChI=1S/C20H23N3O4/c1-26-17-8-7-13(12-18(17)27-2)16(25)11-14-5-3-6-15-19(14)23-20(22-15)21-9-4-10-24/h3,5-8,12,24H,4,9-11H2,1-2H3,(H2,21,22,23). The Morgan fingerprint density at radius 2 is 2.00 bits per heavy atom. The average Bonchev–Trinajstić information content (AvgIpc) is 3.11. The van der Waals surface area contributed by atoms with Crippen molar-refractivity contribution in [1.82, 2.24) is 9.97 Å². The minimum Gasteiger partial charge on any atom is -0.493 e. The molecule has 3 aromatic rings. The zero-order valence-electron chi connectivity index (χ0n) is 15.4. The van der Waals surface area contributed by atoms with Crippen molar-refractivity contribution in [3.63, 3.8) is 0 Å². The Kier molecular flexibility index (Phi) is 5.93. The topological polar surface area (TPSA) is 96.5 Å². The van der Waals surface area contributed by atoms with Crippen LogP contribution in [0.5, 0.6) is 11.5 Å². The number of hydrogen-bond donors (Lipinski definition) is 3. The van der Waals surface area contributed by atoms with Crippen molar-refractivity contribution in [2.75, 3.05) is 32.7 Å². The van der Waals surface area contributed by atoms with E-state index in [1.54, 1.807) is 32.4 Å². The molecule has 27 heavy (non-hydrogen) atoms. The van der Waals surface area contributed by atoms with Gasteiger partial charge in [-0.15, -0.1) is 0 Å². The van der Waals surface area contributed by atoms with E-state index < -0.39 is 0 Å². The molecule has 3 N–H and O–H groups in total. The highest BCUT2D eigenvalue weighted by Crippen LogP contribution is 2.28. The number of rotatable bonds is 9. The van der Waals surface area contributed by atoms with Gasteiger partial charge in [-0.3, -0.25) is 4.79 Å². The lowest BCUT2D eigenvalue weighted by Crippen LogP contribution is -2.05. The van der Waals surface area contributed by atoms with E-state index in [1.165, 1.54) is 0 Å². The lowest BCUT2D eigenvalue weighted by Gasteiger charge is -2.09. The van der Waals surface area contributed by atoms with Crippen LogP contribution < -0.4 is 14.8 Å². The zero-order valence-corrected chi connectivity index (χ0v) is 15.4. The summed E-state index contributed by atoms with van der Waals surface area (Å²) in [6.07, 6.45) is 0.870. The molecule has 0 unspecified atom stereocenters. The van der Waals surface area contributed by atoms with Gasteiger partial charge in [0.1, 0.15) is 0 Å². The van der Waals surface area contributed by atoms with Crippen LogP contribution in [0.4, 0.5) is 5.95 Å². The molecule has 0 aliphatic heterocycles. The summed E-state index contributed by atoms with van der Waals surface area (Å²) in [7, 11) is 3.10. The molecule has 142 valence electrons. The number of aromatic nitrogens is 2. The Bertz CT molecular complexity index is 936. The number of para-hydroxylation sites is 1. The monoisotopic (exact) mass is 369 g/mol. The number of methoxy groups -OCH3 is 2. The van der Waals surface area contributed by atoms with Crippen molar-refractivity contribution in [3.05, 3.63) is 47.5 Å². The van der Waals surface area contributed by atoms with Gasteiger partial charge in [0.2, 0.25) is 5.95 Å². The molecule has 0 fully saturated rings. The third-order valence-electron chi connectivity index (χ3n) is 4.28. The third kappa shape index (κ3) is 4.20. The maximum atomic E-state index is 12.8. The number of fused-ring (bicyclic) bond motifs is 1. The van der Waals surface area contributed by atoms with E-state index in [2.05, 4.69) is 15.3 Å². The molecule has 0 aliphatic rings. The predicted molar refractivity (Wildman–Crippen MR) is 104 cm³/mol. The number of aromatic amines is 1. The van der Waals surface area contributed by atoms with E-state index in [1.807, 2.05) is 18.2 Å². The van der Waals surface area contributed by atoms with Crippen LogP contribution in [-0.2, 0) is 6.42 Å². The van der Waals surface area contributed by atoms with E-state index in [-0.39, 0.29) is 18.8 Å². The molecule has 7 heteroatoms. The second kappa shape index (κ2) is 8.55. The van der Waals surface area contributed by atoms with E-state index in [4.69, 9.17) is 14.6 Å². The minimum atomic E-state index is -0.0266. The number of imidazole rings is 1. The maximum absolute atomic E-state index is 12.8. The van der Waals surface area contributed by atoms with Gasteiger partial charge in [0.05, 0.1) is 25.3 Å². The second-order valence-corrected chi connectivity index (χ2v) is 6.07. The van der Waals surface area contributed by atoms with Crippen LogP contribution in [0.25, 0.3) is 11.0 Å². The highest BCUT2D eigenvalue weighted by atomic mass is 16.5. The number of ether oxygens (including phenoxy) is 2. The molecule has 0 bridgehead atoms. The van der Waals surface area contributed by atoms with Crippen molar-refractivity contribution in [1.29, 1.82) is 0 Å². The van der Waals surface area contributed by atoms with Gasteiger partial charge in [-0.2, -0.15) is 0 Å². The largest absolute Gasteiger partial charge is 0.493 e. The maximum Gasteiger partial charge on any atom is 0.201 e. The summed E-state index contributed by atoms with van der Waals surface area (Å²) >= 11 is 0. The van der Waals surface area contributed by atoms with E-state index in [0.717, 1.165) is 16.6 Å². The van der Waals surface area contributed by atoms with Crippen molar-refractivity contribution >= 4 is 22.8 Å². The normalized spacial score (nSPS) is 10.8. The minimum absolute atomic E-state index is 0.0266. The molecule has 0 amide bonds. The second-order valence-electron chi connectivity index (χ2n) is 6.07. The Hall–Kier alpha value is -3.06. The Morgan fingerprint density at radius 3 is 2.74 bits per heavy atom. The summed E-state index contributed by atoms with van der Waals surface area (Å²) in [4.78, 5) is 20.5. The summed E-state index contributed by atoms with van der Waals surface area (Å²) in [5.74, 6) is 1.71. The van der Waals surface area contributed by atoms with Crippen LogP contribution in [0.2, 0.25) is 0 Å². The van der Waals surface area contributed by atoms with Gasteiger partial charge in [-0.1, -0.05) is 12.1 Å². The van der Waals surface area contributed by atoms with E-state index in [0.29, 0.717) is 36.0 Å². The van der Waals surface area contributed by atoms with Gasteiger partial charge in [0.25, 0.3) is 0 Å². The fourth-order valence-electron chi connectivity index (χ4n) is 2.89. The number of ketones is 1. The molecular weight excluding hydrogens is 346 g/mol. The Balaban J connectivity index is 1.82. The first-order valence-electron chi connectivity index (χ1n) is 8.74. The van der Waals surface area contributed by atoms with Crippen LogP contribution in [0.3, 0.4) is 0 Å². The van der Waals surface area contributed by atoms with Crippen LogP contribution in [0.15, 0.2) is 36.4 Å². The Morgan fingerprint density at radius 1 is 1.19 bits per heavy atom. The first kappa shape index (κ1) is 18.7. The fourth-order valence-corrected chi connectivity index (χ4v) is 2.89. The molecule has 0 saturated heterocycles. The first-order chi connectivity index (χ1) is 13.2. The number of Topliss-reactive ketones (excluding diaryl/α,β-unsaturated/α-hetero) is 1. The van der Waals surface area contributed by atoms with Gasteiger partial charge < -0.3 is 24.9 Å². The summed E-state index contributed by atoms with van der Waals surface area (Å²) in [5, 5.41) is 12.0. The number of aliphatic hydroxyl groups excluding tert-OH is 1. The molecular formula is C20H23N3O4. The fraction of sp³-hybridized carbons (Fsp3) is 0.300. The number of carbonyl (C=O) groups is 1. The van der Waals surface area contributed by atoms with Crippen molar-refractivity contribution < 1.29 is 19.4 Å². The third-order valence-corrected chi connectivity index (χ3v) is 4.28. The number of benzene rings is 2. The van der Waals surface area contributed by atoms with Crippen LogP contribution in [-0.4, -0.2) is 48.2 Å². The highest BCUT2D eigenvalue weighted by Gasteiger charge is 2.14. The first-order valence-corrected chi connectivity index (χ1v) is 8.74. The van der Waals surface area contributed by atoms with Gasteiger partial charge in [-0.25, -0.2) is 4.98 Å². The number of anilines is 1. The van der Waals surface area contributed by atoms with Gasteiger partial charge >= 0.3 is 0 Å². The van der Waals surface area contributed by atoms with E-state index in [9.17, 15) is 4.79 Å². The molecule has 3 rings (SSSR count). The number of nitrogens with zero attached hydrogens (tertiary/aromatic N) is 1. The molecule has 7 nitrogen and oxygen atoms in total. The highest BCUT2D eigenvalue weighted by molar-refractivity contribution is 6.00. The quantitative estimate of drug-likeness (QED) is 0.396. The smallest absolute Gasteiger partial charge is 0.201 e. The molecule has 0 spiro atoms. The van der Waals surface area contributed by atoms with E-state index >= 15 is 0 Å². The van der Waals surface area contributed by atoms with Gasteiger partial charge in [0.15, 0.2) is 17.3 Å².